The third-order valence-corrected chi connectivity index (χ3v) is 4.45. The molecule has 0 spiro atoms. The van der Waals surface area contributed by atoms with Gasteiger partial charge in [-0.25, -0.2) is 0 Å². The van der Waals surface area contributed by atoms with Crippen LogP contribution < -0.4 is 15.2 Å². The molecule has 1 aromatic rings. The molecule has 20 heavy (non-hydrogen) atoms. The minimum absolute atomic E-state index is 0.00665. The third kappa shape index (κ3) is 3.67. The van der Waals surface area contributed by atoms with E-state index in [9.17, 15) is 4.79 Å². The Morgan fingerprint density at radius 1 is 1.50 bits per heavy atom. The smallest absolute Gasteiger partial charge is 0.171 e. The monoisotopic (exact) mass is 295 g/mol. The van der Waals surface area contributed by atoms with Gasteiger partial charge in [0.05, 0.1) is 12.7 Å². The van der Waals surface area contributed by atoms with Crippen LogP contribution in [0.2, 0.25) is 0 Å². The Labute approximate surface area is 124 Å². The molecule has 0 aromatic heterocycles. The van der Waals surface area contributed by atoms with E-state index in [1.54, 1.807) is 13.2 Å². The van der Waals surface area contributed by atoms with Crippen LogP contribution in [0.4, 0.5) is 0 Å². The minimum Gasteiger partial charge on any atom is -0.492 e. The Kier molecular flexibility index (Phi) is 5.73. The fourth-order valence-corrected chi connectivity index (χ4v) is 3.32. The summed E-state index contributed by atoms with van der Waals surface area (Å²) in [5.41, 5.74) is 6.00. The topological polar surface area (TPSA) is 61.5 Å². The zero-order valence-corrected chi connectivity index (χ0v) is 12.6. The van der Waals surface area contributed by atoms with E-state index in [1.165, 1.54) is 12.2 Å². The summed E-state index contributed by atoms with van der Waals surface area (Å²) in [6.07, 6.45) is 2.74. The number of methoxy groups -OCH3 is 1. The number of para-hydroxylation sites is 1. The van der Waals surface area contributed by atoms with E-state index in [2.05, 4.69) is 0 Å². The molecule has 0 bridgehead atoms. The van der Waals surface area contributed by atoms with E-state index in [1.807, 2.05) is 23.9 Å². The highest BCUT2D eigenvalue weighted by molar-refractivity contribution is 7.99. The summed E-state index contributed by atoms with van der Waals surface area (Å²) >= 11 is 1.91. The van der Waals surface area contributed by atoms with Crippen molar-refractivity contribution < 1.29 is 14.3 Å². The molecule has 1 unspecified atom stereocenters. The lowest BCUT2D eigenvalue weighted by Gasteiger charge is -2.24. The molecule has 110 valence electrons. The first-order valence-corrected chi connectivity index (χ1v) is 8.06. The molecular formula is C15H21NO3S. The van der Waals surface area contributed by atoms with Crippen molar-refractivity contribution in [1.29, 1.82) is 0 Å². The van der Waals surface area contributed by atoms with Crippen LogP contribution in [0.5, 0.6) is 11.5 Å². The highest BCUT2D eigenvalue weighted by Crippen LogP contribution is 2.34. The zero-order valence-electron chi connectivity index (χ0n) is 11.8. The summed E-state index contributed by atoms with van der Waals surface area (Å²) < 4.78 is 11.4. The second kappa shape index (κ2) is 7.55. The molecule has 5 heteroatoms. The van der Waals surface area contributed by atoms with Gasteiger partial charge >= 0.3 is 0 Å². The van der Waals surface area contributed by atoms with E-state index >= 15 is 0 Å². The maximum Gasteiger partial charge on any atom is 0.171 e. The number of ketones is 1. The summed E-state index contributed by atoms with van der Waals surface area (Å²) in [5.74, 6) is 3.37. The lowest BCUT2D eigenvalue weighted by atomic mass is 10.1. The molecule has 4 nitrogen and oxygen atoms in total. The maximum absolute atomic E-state index is 12.0. The van der Waals surface area contributed by atoms with Gasteiger partial charge in [-0.15, -0.1) is 0 Å². The molecule has 2 N–H and O–H groups in total. The summed E-state index contributed by atoms with van der Waals surface area (Å²) in [6.45, 7) is 0.340. The van der Waals surface area contributed by atoms with E-state index < -0.39 is 0 Å². The van der Waals surface area contributed by atoms with Crippen molar-refractivity contribution in [3.8, 4) is 11.5 Å². The molecule has 0 saturated carbocycles. The summed E-state index contributed by atoms with van der Waals surface area (Å²) in [4.78, 5) is 12.0. The van der Waals surface area contributed by atoms with Crippen LogP contribution in [-0.2, 0) is 0 Å². The summed E-state index contributed by atoms with van der Waals surface area (Å²) in [7, 11) is 1.57. The normalized spacial score (nSPS) is 18.6. The fourth-order valence-electron chi connectivity index (χ4n) is 2.29. The first-order chi connectivity index (χ1) is 9.76. The van der Waals surface area contributed by atoms with Gasteiger partial charge in [0, 0.05) is 12.2 Å². The van der Waals surface area contributed by atoms with Crippen molar-refractivity contribution in [2.45, 2.75) is 25.4 Å². The Morgan fingerprint density at radius 2 is 2.35 bits per heavy atom. The van der Waals surface area contributed by atoms with Crippen molar-refractivity contribution >= 4 is 17.5 Å². The maximum atomic E-state index is 12.0. The van der Waals surface area contributed by atoms with E-state index in [4.69, 9.17) is 15.2 Å². The molecule has 0 radical (unpaired) electrons. The van der Waals surface area contributed by atoms with Crippen LogP contribution in [0.15, 0.2) is 18.2 Å². The average Bonchev–Trinajstić information content (AvgIpc) is 2.48. The molecule has 1 aliphatic heterocycles. The lowest BCUT2D eigenvalue weighted by molar-refractivity contribution is 0.0981. The number of nitrogens with two attached hydrogens (primary N) is 1. The number of hydrogen-bond donors (Lipinski definition) is 1. The first kappa shape index (κ1) is 15.2. The van der Waals surface area contributed by atoms with Gasteiger partial charge in [0.15, 0.2) is 17.3 Å². The van der Waals surface area contributed by atoms with Crippen LogP contribution in [0.3, 0.4) is 0 Å². The van der Waals surface area contributed by atoms with E-state index in [0.717, 1.165) is 12.2 Å². The number of carbonyl (C=O) groups is 1. The molecule has 1 aromatic carbocycles. The van der Waals surface area contributed by atoms with Crippen molar-refractivity contribution in [1.82, 2.24) is 0 Å². The van der Waals surface area contributed by atoms with Gasteiger partial charge in [-0.1, -0.05) is 6.07 Å². The quantitative estimate of drug-likeness (QED) is 0.817. The van der Waals surface area contributed by atoms with Gasteiger partial charge in [-0.2, -0.15) is 11.8 Å². The van der Waals surface area contributed by atoms with Gasteiger partial charge in [-0.05, 0) is 37.3 Å². The molecule has 1 atom stereocenters. The standard InChI is InChI=1S/C15H21NO3S/c1-18-15-12(13(17)7-8-16)5-2-6-14(15)19-11-4-3-9-20-10-11/h2,5-6,11H,3-4,7-10,16H2,1H3. The van der Waals surface area contributed by atoms with Gasteiger partial charge in [0.2, 0.25) is 0 Å². The second-order valence-corrected chi connectivity index (χ2v) is 5.91. The van der Waals surface area contributed by atoms with Crippen molar-refractivity contribution in [2.24, 2.45) is 5.73 Å². The SMILES string of the molecule is COc1c(OC2CCCSC2)cccc1C(=O)CCN. The van der Waals surface area contributed by atoms with Gasteiger partial charge in [-0.3, -0.25) is 4.79 Å². The zero-order chi connectivity index (χ0) is 14.4. The Morgan fingerprint density at radius 3 is 3.00 bits per heavy atom. The summed E-state index contributed by atoms with van der Waals surface area (Å²) in [6, 6.07) is 5.45. The van der Waals surface area contributed by atoms with Gasteiger partial charge in [0.25, 0.3) is 0 Å². The minimum atomic E-state index is -0.00665. The third-order valence-electron chi connectivity index (χ3n) is 3.27. The van der Waals surface area contributed by atoms with Crippen molar-refractivity contribution in [2.75, 3.05) is 25.2 Å². The molecule has 1 heterocycles. The van der Waals surface area contributed by atoms with Crippen LogP contribution in [-0.4, -0.2) is 37.0 Å². The number of Topliss-reactive ketones (excluding diaryl/α,β-unsaturated/α-hetero) is 1. The molecule has 2 rings (SSSR count). The van der Waals surface area contributed by atoms with Crippen LogP contribution >= 0.6 is 11.8 Å². The predicted octanol–water partition coefficient (Wildman–Crippen LogP) is 2.50. The van der Waals surface area contributed by atoms with Crippen LogP contribution in [0, 0.1) is 0 Å². The largest absolute Gasteiger partial charge is 0.492 e. The molecule has 0 amide bonds. The number of carbonyl (C=O) groups excluding carboxylic acids is 1. The van der Waals surface area contributed by atoms with E-state index in [0.29, 0.717) is 30.0 Å². The fraction of sp³-hybridized carbons (Fsp3) is 0.533. The number of rotatable bonds is 6. The number of ether oxygens (including phenoxy) is 2. The molecule has 1 saturated heterocycles. The van der Waals surface area contributed by atoms with Crippen LogP contribution in [0.25, 0.3) is 0 Å². The van der Waals surface area contributed by atoms with Crippen molar-refractivity contribution in [3.63, 3.8) is 0 Å². The predicted molar refractivity (Wildman–Crippen MR) is 82.0 cm³/mol. The number of benzene rings is 1. The van der Waals surface area contributed by atoms with Crippen LogP contribution in [0.1, 0.15) is 29.6 Å². The molecule has 1 aliphatic rings. The lowest BCUT2D eigenvalue weighted by Crippen LogP contribution is -2.23. The number of thioether (sulfide) groups is 1. The average molecular weight is 295 g/mol. The van der Waals surface area contributed by atoms with Gasteiger partial charge in [0.1, 0.15) is 6.10 Å². The highest BCUT2D eigenvalue weighted by atomic mass is 32.2. The Balaban J connectivity index is 2.19. The van der Waals surface area contributed by atoms with Crippen molar-refractivity contribution in [3.05, 3.63) is 23.8 Å². The Hall–Kier alpha value is -1.20. The Bertz CT molecular complexity index is 458. The van der Waals surface area contributed by atoms with Gasteiger partial charge < -0.3 is 15.2 Å². The summed E-state index contributed by atoms with van der Waals surface area (Å²) in [5, 5.41) is 0. The highest BCUT2D eigenvalue weighted by Gasteiger charge is 2.20. The number of hydrogen-bond acceptors (Lipinski definition) is 5. The van der Waals surface area contributed by atoms with E-state index in [-0.39, 0.29) is 11.9 Å². The molecular weight excluding hydrogens is 274 g/mol. The molecule has 1 fully saturated rings. The second-order valence-electron chi connectivity index (χ2n) is 4.76. The molecule has 0 aliphatic carbocycles. The first-order valence-electron chi connectivity index (χ1n) is 6.91.